The molecule has 53 heavy (non-hydrogen) atoms. The van der Waals surface area contributed by atoms with Gasteiger partial charge < -0.3 is 19.7 Å². The first kappa shape index (κ1) is 41.3. The second-order valence-electron chi connectivity index (χ2n) is 11.9. The molecule has 0 aliphatic rings. The van der Waals surface area contributed by atoms with E-state index in [0.29, 0.717) is 37.0 Å². The summed E-state index contributed by atoms with van der Waals surface area (Å²) in [4.78, 5) is 27.8. The largest absolute Gasteiger partial charge is 0.497 e. The number of rotatable bonds is 11. The van der Waals surface area contributed by atoms with Gasteiger partial charge in [-0.15, -0.1) is 21.8 Å². The lowest BCUT2D eigenvalue weighted by molar-refractivity contribution is 0.381. The monoisotopic (exact) mass is 868 g/mol. The molecule has 0 unspecified atom stereocenters. The van der Waals surface area contributed by atoms with Crippen molar-refractivity contribution >= 4 is 43.5 Å². The SMILES string of the molecule is CNC.COc1cccc(Cn2c(CCl)nn(-c3ccc(Br)cc3)c2=O)c1.COc1cccc(Cn2c(CN(C)C)nn(-c3ccc(Br)cc3)c2=O)c1. The first-order chi connectivity index (χ1) is 25.5. The summed E-state index contributed by atoms with van der Waals surface area (Å²) >= 11 is 12.8. The van der Waals surface area contributed by atoms with Crippen LogP contribution in [0.15, 0.2) is 116 Å². The average molecular weight is 871 g/mol. The number of nitrogens with one attached hydrogen (secondary N) is 1. The summed E-state index contributed by atoms with van der Waals surface area (Å²) in [5.74, 6) is 2.90. The highest BCUT2D eigenvalue weighted by atomic mass is 79.9. The first-order valence-electron chi connectivity index (χ1n) is 16.5. The Bertz CT molecular complexity index is 2180. The molecule has 6 rings (SSSR count). The molecule has 280 valence electrons. The molecule has 0 radical (unpaired) electrons. The van der Waals surface area contributed by atoms with E-state index in [1.807, 2.05) is 130 Å². The summed E-state index contributed by atoms with van der Waals surface area (Å²) in [7, 11) is 10.9. The van der Waals surface area contributed by atoms with E-state index in [2.05, 4.69) is 47.4 Å². The predicted molar refractivity (Wildman–Crippen MR) is 217 cm³/mol. The summed E-state index contributed by atoms with van der Waals surface area (Å²) in [6, 6.07) is 30.2. The Labute approximate surface area is 330 Å². The molecule has 2 aromatic heterocycles. The van der Waals surface area contributed by atoms with E-state index < -0.39 is 0 Å². The van der Waals surface area contributed by atoms with E-state index in [9.17, 15) is 9.59 Å². The average Bonchev–Trinajstić information content (AvgIpc) is 3.63. The van der Waals surface area contributed by atoms with Crippen LogP contribution in [-0.2, 0) is 25.5 Å². The second kappa shape index (κ2) is 20.1. The maximum Gasteiger partial charge on any atom is 0.351 e. The summed E-state index contributed by atoms with van der Waals surface area (Å²) in [5.41, 5.74) is 2.98. The van der Waals surface area contributed by atoms with Crippen molar-refractivity contribution in [3.8, 4) is 22.9 Å². The molecule has 0 saturated carbocycles. The molecular formula is C38H43Br2ClN8O4. The fourth-order valence-electron chi connectivity index (χ4n) is 5.10. The molecule has 1 N–H and O–H groups in total. The van der Waals surface area contributed by atoms with Gasteiger partial charge in [-0.1, -0.05) is 56.1 Å². The first-order valence-corrected chi connectivity index (χ1v) is 18.6. The van der Waals surface area contributed by atoms with Crippen molar-refractivity contribution in [3.05, 3.63) is 150 Å². The quantitative estimate of drug-likeness (QED) is 0.150. The zero-order chi connectivity index (χ0) is 38.5. The van der Waals surface area contributed by atoms with Crippen molar-refractivity contribution in [2.24, 2.45) is 0 Å². The highest BCUT2D eigenvalue weighted by Gasteiger charge is 2.17. The third kappa shape index (κ3) is 11.3. The maximum atomic E-state index is 13.0. The topological polar surface area (TPSA) is 113 Å². The van der Waals surface area contributed by atoms with Crippen molar-refractivity contribution in [1.29, 1.82) is 0 Å². The zero-order valence-corrected chi connectivity index (χ0v) is 34.4. The number of nitrogens with zero attached hydrogens (tertiary/aromatic N) is 7. The van der Waals surface area contributed by atoms with Gasteiger partial charge in [0.25, 0.3) is 0 Å². The summed E-state index contributed by atoms with van der Waals surface area (Å²) < 4.78 is 18.5. The van der Waals surface area contributed by atoms with Crippen LogP contribution in [0.2, 0.25) is 0 Å². The maximum absolute atomic E-state index is 13.0. The molecule has 4 aromatic carbocycles. The number of methoxy groups -OCH3 is 2. The van der Waals surface area contributed by atoms with Crippen LogP contribution in [-0.4, -0.2) is 76.0 Å². The molecule has 2 heterocycles. The van der Waals surface area contributed by atoms with Crippen LogP contribution in [0.3, 0.4) is 0 Å². The number of alkyl halides is 1. The number of aromatic nitrogens is 6. The summed E-state index contributed by atoms with van der Waals surface area (Å²) in [5, 5.41) is 11.7. The van der Waals surface area contributed by atoms with Crippen molar-refractivity contribution in [3.63, 3.8) is 0 Å². The standard InChI is InChI=1S/C19H21BrN4O2.C17H15BrClN3O2.C2H7N/c1-22(2)13-18-21-24(16-9-7-15(20)8-10-16)19(25)23(18)12-14-5-4-6-17(11-14)26-3;1-24-15-4-2-3-12(9-15)11-21-16(10-19)20-22(17(21)23)14-7-5-13(18)6-8-14;1-3-2/h4-11H,12-13H2,1-3H3;2-9H,10-11H2,1H3;3H,1-2H3. The third-order valence-electron chi connectivity index (χ3n) is 7.55. The van der Waals surface area contributed by atoms with Crippen molar-refractivity contribution in [2.75, 3.05) is 42.4 Å². The highest BCUT2D eigenvalue weighted by Crippen LogP contribution is 2.18. The Morgan fingerprint density at radius 2 is 1.08 bits per heavy atom. The number of ether oxygens (including phenoxy) is 2. The van der Waals surface area contributed by atoms with E-state index in [4.69, 9.17) is 21.1 Å². The normalized spacial score (nSPS) is 10.7. The van der Waals surface area contributed by atoms with Gasteiger partial charge in [-0.2, -0.15) is 9.36 Å². The van der Waals surface area contributed by atoms with Gasteiger partial charge in [-0.05, 0) is 112 Å². The van der Waals surface area contributed by atoms with E-state index in [-0.39, 0.29) is 17.3 Å². The second-order valence-corrected chi connectivity index (χ2v) is 14.0. The fourth-order valence-corrected chi connectivity index (χ4v) is 5.82. The van der Waals surface area contributed by atoms with Crippen LogP contribution in [0.4, 0.5) is 0 Å². The Morgan fingerprint density at radius 1 is 0.679 bits per heavy atom. The lowest BCUT2D eigenvalue weighted by Crippen LogP contribution is -2.26. The Balaban J connectivity index is 0.000000221. The molecular weight excluding hydrogens is 828 g/mol. The molecule has 0 bridgehead atoms. The Morgan fingerprint density at radius 3 is 1.45 bits per heavy atom. The molecule has 12 nitrogen and oxygen atoms in total. The molecule has 0 amide bonds. The number of halogens is 3. The van der Waals surface area contributed by atoms with Crippen molar-refractivity contribution < 1.29 is 9.47 Å². The van der Waals surface area contributed by atoms with E-state index >= 15 is 0 Å². The number of benzene rings is 4. The fraction of sp³-hybridized carbons (Fsp3) is 0.263. The third-order valence-corrected chi connectivity index (χ3v) is 8.84. The number of hydrogen-bond donors (Lipinski definition) is 1. The minimum Gasteiger partial charge on any atom is -0.497 e. The summed E-state index contributed by atoms with van der Waals surface area (Å²) in [6.45, 7) is 1.40. The van der Waals surface area contributed by atoms with E-state index in [1.165, 1.54) is 9.36 Å². The van der Waals surface area contributed by atoms with Gasteiger partial charge in [0.1, 0.15) is 23.1 Å². The number of hydrogen-bond acceptors (Lipinski definition) is 8. The van der Waals surface area contributed by atoms with Crippen LogP contribution in [0, 0.1) is 0 Å². The molecule has 6 aromatic rings. The van der Waals surface area contributed by atoms with Gasteiger partial charge in [0.05, 0.1) is 51.1 Å². The zero-order valence-electron chi connectivity index (χ0n) is 30.5. The van der Waals surface area contributed by atoms with E-state index in [0.717, 1.165) is 37.3 Å². The van der Waals surface area contributed by atoms with Gasteiger partial charge in [0.2, 0.25) is 0 Å². The van der Waals surface area contributed by atoms with Crippen LogP contribution < -0.4 is 26.2 Å². The van der Waals surface area contributed by atoms with Crippen LogP contribution in [0.1, 0.15) is 22.8 Å². The van der Waals surface area contributed by atoms with Crippen LogP contribution in [0.25, 0.3) is 11.4 Å². The van der Waals surface area contributed by atoms with Crippen molar-refractivity contribution in [2.45, 2.75) is 25.5 Å². The minimum absolute atomic E-state index is 0.155. The lowest BCUT2D eigenvalue weighted by Gasteiger charge is -2.10. The molecule has 0 spiro atoms. The van der Waals surface area contributed by atoms with Gasteiger partial charge in [-0.3, -0.25) is 9.13 Å². The molecule has 15 heteroatoms. The molecule has 0 aliphatic heterocycles. The Hall–Kier alpha value is -4.47. The van der Waals surface area contributed by atoms with Crippen LogP contribution in [0.5, 0.6) is 11.5 Å². The van der Waals surface area contributed by atoms with Gasteiger partial charge in [0.15, 0.2) is 0 Å². The minimum atomic E-state index is -0.226. The van der Waals surface area contributed by atoms with Gasteiger partial charge in [0, 0.05) is 8.95 Å². The lowest BCUT2D eigenvalue weighted by atomic mass is 10.2. The summed E-state index contributed by atoms with van der Waals surface area (Å²) in [6.07, 6.45) is 0. The molecule has 0 aliphatic carbocycles. The smallest absolute Gasteiger partial charge is 0.351 e. The van der Waals surface area contributed by atoms with Gasteiger partial charge >= 0.3 is 11.4 Å². The Kier molecular flexibility index (Phi) is 15.7. The van der Waals surface area contributed by atoms with Gasteiger partial charge in [-0.25, -0.2) is 9.59 Å². The van der Waals surface area contributed by atoms with Crippen LogP contribution >= 0.6 is 43.5 Å². The molecule has 0 atom stereocenters. The predicted octanol–water partition coefficient (Wildman–Crippen LogP) is 6.34. The van der Waals surface area contributed by atoms with Crippen molar-refractivity contribution in [1.82, 2.24) is 38.9 Å². The molecule has 0 saturated heterocycles. The molecule has 0 fully saturated rings. The van der Waals surface area contributed by atoms with E-state index in [1.54, 1.807) is 23.4 Å². The highest BCUT2D eigenvalue weighted by molar-refractivity contribution is 9.10.